The number of anilines is 3. The van der Waals surface area contributed by atoms with Crippen molar-refractivity contribution in [2.45, 2.75) is 60.3 Å². The fraction of sp³-hybridized carbons (Fsp3) is 0.429. The summed E-state index contributed by atoms with van der Waals surface area (Å²) in [5.74, 6) is 2.49. The number of fused-ring (bicyclic) bond motifs is 1. The molecule has 4 nitrogen and oxygen atoms in total. The molecule has 2 heterocycles. The normalized spacial score (nSPS) is 13.9. The summed E-state index contributed by atoms with van der Waals surface area (Å²) in [4.78, 5) is 14.8. The van der Waals surface area contributed by atoms with Gasteiger partial charge in [0.05, 0.1) is 0 Å². The van der Waals surface area contributed by atoms with E-state index in [9.17, 15) is 0 Å². The summed E-state index contributed by atoms with van der Waals surface area (Å²) in [5.41, 5.74) is 8.93. The molecule has 1 unspecified atom stereocenters. The summed E-state index contributed by atoms with van der Waals surface area (Å²) in [6.45, 7) is 16.1. The molecule has 0 saturated carbocycles. The van der Waals surface area contributed by atoms with Gasteiger partial charge in [-0.25, -0.2) is 4.98 Å². The van der Waals surface area contributed by atoms with Crippen molar-refractivity contribution in [1.29, 1.82) is 0 Å². The average molecular weight is 429 g/mol. The first kappa shape index (κ1) is 22.3. The van der Waals surface area contributed by atoms with E-state index < -0.39 is 0 Å². The minimum atomic E-state index is 0.535. The van der Waals surface area contributed by atoms with Gasteiger partial charge in [-0.1, -0.05) is 55.0 Å². The van der Waals surface area contributed by atoms with E-state index in [1.807, 2.05) is 0 Å². The van der Waals surface area contributed by atoms with E-state index in [1.54, 1.807) is 0 Å². The van der Waals surface area contributed by atoms with Crippen LogP contribution in [0.1, 0.15) is 59.7 Å². The maximum absolute atomic E-state index is 5.14. The van der Waals surface area contributed by atoms with E-state index in [4.69, 9.17) is 9.97 Å². The molecular formula is C28H36N4. The van der Waals surface area contributed by atoms with Gasteiger partial charge in [0.1, 0.15) is 5.82 Å². The predicted molar refractivity (Wildman–Crippen MR) is 135 cm³/mol. The molecule has 1 aliphatic heterocycles. The van der Waals surface area contributed by atoms with Crippen molar-refractivity contribution in [1.82, 2.24) is 9.97 Å². The molecule has 0 spiro atoms. The zero-order valence-corrected chi connectivity index (χ0v) is 20.4. The Labute approximate surface area is 193 Å². The van der Waals surface area contributed by atoms with Crippen LogP contribution < -0.4 is 9.80 Å². The molecule has 4 heteroatoms. The van der Waals surface area contributed by atoms with Crippen molar-refractivity contribution in [3.63, 3.8) is 0 Å². The van der Waals surface area contributed by atoms with Crippen LogP contribution in [0.2, 0.25) is 0 Å². The Balaban J connectivity index is 1.61. The van der Waals surface area contributed by atoms with Gasteiger partial charge in [-0.3, -0.25) is 0 Å². The second kappa shape index (κ2) is 9.32. The molecule has 0 bridgehead atoms. The Morgan fingerprint density at radius 1 is 1.00 bits per heavy atom. The van der Waals surface area contributed by atoms with Crippen LogP contribution in [0.25, 0.3) is 0 Å². The minimum absolute atomic E-state index is 0.535. The quantitative estimate of drug-likeness (QED) is 0.434. The van der Waals surface area contributed by atoms with Crippen LogP contribution in [0.15, 0.2) is 42.5 Å². The molecule has 0 fully saturated rings. The highest BCUT2D eigenvalue weighted by Crippen LogP contribution is 2.35. The van der Waals surface area contributed by atoms with Crippen LogP contribution in [0.5, 0.6) is 0 Å². The fourth-order valence-electron chi connectivity index (χ4n) is 5.11. The van der Waals surface area contributed by atoms with Crippen LogP contribution in [0, 0.1) is 27.7 Å². The van der Waals surface area contributed by atoms with Crippen LogP contribution in [0.4, 0.5) is 17.5 Å². The van der Waals surface area contributed by atoms with Crippen LogP contribution in [-0.2, 0) is 6.42 Å². The molecule has 3 aromatic rings. The average Bonchev–Trinajstić information content (AvgIpc) is 3.18. The monoisotopic (exact) mass is 428 g/mol. The number of hydrogen-bond acceptors (Lipinski definition) is 4. The Bertz CT molecular complexity index is 1070. The third-order valence-corrected chi connectivity index (χ3v) is 6.78. The van der Waals surface area contributed by atoms with E-state index in [0.717, 1.165) is 49.9 Å². The zero-order valence-electron chi connectivity index (χ0n) is 20.4. The summed E-state index contributed by atoms with van der Waals surface area (Å²) in [5, 5.41) is 0. The number of hydrogen-bond donors (Lipinski definition) is 0. The molecule has 0 N–H and O–H groups in total. The Hall–Kier alpha value is -2.88. The van der Waals surface area contributed by atoms with Gasteiger partial charge in [0.15, 0.2) is 0 Å². The Morgan fingerprint density at radius 2 is 1.69 bits per heavy atom. The van der Waals surface area contributed by atoms with Gasteiger partial charge in [-0.05, 0) is 70.1 Å². The highest BCUT2D eigenvalue weighted by molar-refractivity contribution is 5.68. The van der Waals surface area contributed by atoms with E-state index in [2.05, 4.69) is 93.8 Å². The van der Waals surface area contributed by atoms with Gasteiger partial charge in [-0.15, -0.1) is 0 Å². The third kappa shape index (κ3) is 4.36. The number of benzene rings is 2. The summed E-state index contributed by atoms with van der Waals surface area (Å²) < 4.78 is 0. The first-order valence-electron chi connectivity index (χ1n) is 11.9. The molecule has 0 amide bonds. The number of rotatable bonds is 7. The summed E-state index contributed by atoms with van der Waals surface area (Å²) in [6, 6.07) is 15.3. The zero-order chi connectivity index (χ0) is 22.8. The van der Waals surface area contributed by atoms with Crippen molar-refractivity contribution >= 4 is 17.5 Å². The molecule has 1 atom stereocenters. The van der Waals surface area contributed by atoms with E-state index in [-0.39, 0.29) is 0 Å². The van der Waals surface area contributed by atoms with Crippen molar-refractivity contribution in [3.8, 4) is 0 Å². The lowest BCUT2D eigenvalue weighted by molar-refractivity contribution is 0.654. The molecule has 0 saturated heterocycles. The molecular weight excluding hydrogens is 392 g/mol. The van der Waals surface area contributed by atoms with Crippen molar-refractivity contribution < 1.29 is 0 Å². The topological polar surface area (TPSA) is 32.3 Å². The number of aromatic nitrogens is 2. The summed E-state index contributed by atoms with van der Waals surface area (Å²) >= 11 is 0. The molecule has 32 heavy (non-hydrogen) atoms. The predicted octanol–water partition coefficient (Wildman–Crippen LogP) is 6.42. The van der Waals surface area contributed by atoms with E-state index in [1.165, 1.54) is 33.5 Å². The lowest BCUT2D eigenvalue weighted by atomic mass is 9.98. The molecule has 4 rings (SSSR count). The number of nitrogens with zero attached hydrogens (tertiary/aromatic N) is 4. The SMILES string of the molecule is CCN(c1nc(C)c2c(n1)N(CCC(C)c1ccccc1)CC2)c1c(C)cc(C)cc1C. The van der Waals surface area contributed by atoms with Gasteiger partial charge >= 0.3 is 0 Å². The smallest absolute Gasteiger partial charge is 0.232 e. The van der Waals surface area contributed by atoms with Crippen molar-refractivity contribution in [2.24, 2.45) is 0 Å². The number of aryl methyl sites for hydroxylation is 4. The minimum Gasteiger partial charge on any atom is -0.356 e. The van der Waals surface area contributed by atoms with Gasteiger partial charge in [-0.2, -0.15) is 4.98 Å². The van der Waals surface area contributed by atoms with Crippen molar-refractivity contribution in [3.05, 3.63) is 76.0 Å². The maximum atomic E-state index is 5.14. The summed E-state index contributed by atoms with van der Waals surface area (Å²) in [7, 11) is 0. The van der Waals surface area contributed by atoms with Crippen LogP contribution >= 0.6 is 0 Å². The van der Waals surface area contributed by atoms with Gasteiger partial charge in [0, 0.05) is 36.6 Å². The second-order valence-electron chi connectivity index (χ2n) is 9.24. The highest BCUT2D eigenvalue weighted by Gasteiger charge is 2.26. The Kier molecular flexibility index (Phi) is 6.50. The van der Waals surface area contributed by atoms with Gasteiger partial charge in [0.2, 0.25) is 5.95 Å². The fourth-order valence-corrected chi connectivity index (χ4v) is 5.11. The standard InChI is InChI=1S/C28H36N4/c1-7-32(26-21(4)17-19(2)18-22(26)5)28-29-23(6)25-14-16-31(27(25)30-28)15-13-20(3)24-11-9-8-10-12-24/h8-12,17-18,20H,7,13-16H2,1-6H3. The molecule has 0 radical (unpaired) electrons. The van der Waals surface area contributed by atoms with Crippen LogP contribution in [-0.4, -0.2) is 29.6 Å². The third-order valence-electron chi connectivity index (χ3n) is 6.78. The molecule has 168 valence electrons. The first-order chi connectivity index (χ1) is 15.4. The lowest BCUT2D eigenvalue weighted by Crippen LogP contribution is -2.26. The van der Waals surface area contributed by atoms with Crippen molar-refractivity contribution in [2.75, 3.05) is 29.4 Å². The first-order valence-corrected chi connectivity index (χ1v) is 11.9. The van der Waals surface area contributed by atoms with Gasteiger partial charge < -0.3 is 9.80 Å². The summed E-state index contributed by atoms with van der Waals surface area (Å²) in [6.07, 6.45) is 2.16. The Morgan fingerprint density at radius 3 is 2.34 bits per heavy atom. The maximum Gasteiger partial charge on any atom is 0.232 e. The molecule has 1 aromatic heterocycles. The van der Waals surface area contributed by atoms with E-state index >= 15 is 0 Å². The highest BCUT2D eigenvalue weighted by atomic mass is 15.3. The van der Waals surface area contributed by atoms with E-state index in [0.29, 0.717) is 5.92 Å². The second-order valence-corrected chi connectivity index (χ2v) is 9.24. The lowest BCUT2D eigenvalue weighted by Gasteiger charge is -2.27. The van der Waals surface area contributed by atoms with Crippen LogP contribution in [0.3, 0.4) is 0 Å². The molecule has 0 aliphatic carbocycles. The van der Waals surface area contributed by atoms with Gasteiger partial charge in [0.25, 0.3) is 0 Å². The largest absolute Gasteiger partial charge is 0.356 e. The molecule has 2 aromatic carbocycles. The molecule has 1 aliphatic rings.